The number of hydrogen-bond donors (Lipinski definition) is 0. The van der Waals surface area contributed by atoms with Crippen molar-refractivity contribution in [2.24, 2.45) is 5.92 Å². The van der Waals surface area contributed by atoms with Gasteiger partial charge in [-0.15, -0.1) is 0 Å². The Hall–Kier alpha value is -0.820. The first-order valence-corrected chi connectivity index (χ1v) is 8.50. The van der Waals surface area contributed by atoms with Crippen LogP contribution in [0.3, 0.4) is 0 Å². The highest BCUT2D eigenvalue weighted by molar-refractivity contribution is 9.10. The van der Waals surface area contributed by atoms with E-state index >= 15 is 0 Å². The summed E-state index contributed by atoms with van der Waals surface area (Å²) >= 11 is 3.46. The van der Waals surface area contributed by atoms with E-state index in [-0.39, 0.29) is 0 Å². The summed E-state index contributed by atoms with van der Waals surface area (Å²) in [6.07, 6.45) is 12.9. The van der Waals surface area contributed by atoms with Crippen molar-refractivity contribution in [1.29, 1.82) is 0 Å². The second-order valence-electron chi connectivity index (χ2n) is 5.55. The number of aryl methyl sites for hydroxylation is 1. The first-order chi connectivity index (χ1) is 9.63. The fraction of sp³-hybridized carbons (Fsp3) is 0.474. The Morgan fingerprint density at radius 3 is 2.60 bits per heavy atom. The van der Waals surface area contributed by atoms with Gasteiger partial charge < -0.3 is 0 Å². The van der Waals surface area contributed by atoms with Crippen molar-refractivity contribution in [1.82, 2.24) is 0 Å². The fourth-order valence-electron chi connectivity index (χ4n) is 2.12. The lowest BCUT2D eigenvalue weighted by Crippen LogP contribution is -1.95. The van der Waals surface area contributed by atoms with Crippen molar-refractivity contribution >= 4 is 15.9 Å². The van der Waals surface area contributed by atoms with Crippen LogP contribution in [-0.4, -0.2) is 0 Å². The maximum absolute atomic E-state index is 3.46. The minimum atomic E-state index is 0.714. The zero-order chi connectivity index (χ0) is 14.8. The normalized spacial score (nSPS) is 13.9. The number of hydrogen-bond acceptors (Lipinski definition) is 0. The van der Waals surface area contributed by atoms with Gasteiger partial charge in [-0.05, 0) is 49.8 Å². The molecule has 1 heteroatoms. The highest BCUT2D eigenvalue weighted by atomic mass is 79.9. The van der Waals surface area contributed by atoms with Crippen molar-refractivity contribution in [2.75, 3.05) is 0 Å². The summed E-state index contributed by atoms with van der Waals surface area (Å²) in [5.74, 6) is 0.714. The molecule has 0 nitrogen and oxygen atoms in total. The van der Waals surface area contributed by atoms with Crippen molar-refractivity contribution in [3.63, 3.8) is 0 Å². The number of unbranched alkanes of at least 4 members (excludes halogenated alkanes) is 1. The predicted octanol–water partition coefficient (Wildman–Crippen LogP) is 6.71. The fourth-order valence-corrected chi connectivity index (χ4v) is 2.38. The molecular weight excluding hydrogens is 308 g/mol. The summed E-state index contributed by atoms with van der Waals surface area (Å²) in [5, 5.41) is 0. The van der Waals surface area contributed by atoms with Gasteiger partial charge in [0.15, 0.2) is 0 Å². The van der Waals surface area contributed by atoms with Crippen LogP contribution in [0.25, 0.3) is 0 Å². The largest absolute Gasteiger partial charge is 0.0842 e. The Kier molecular flexibility index (Phi) is 8.60. The Morgan fingerprint density at radius 1 is 1.25 bits per heavy atom. The zero-order valence-electron chi connectivity index (χ0n) is 13.0. The molecule has 0 bridgehead atoms. The van der Waals surface area contributed by atoms with Crippen molar-refractivity contribution in [2.45, 2.75) is 52.9 Å². The summed E-state index contributed by atoms with van der Waals surface area (Å²) < 4.78 is 1.15. The minimum absolute atomic E-state index is 0.714. The molecule has 0 saturated carbocycles. The SMILES string of the molecule is CCCCC(C)/C(C)=C/C=C\CCc1ccc(Br)cc1. The molecule has 0 amide bonds. The molecule has 0 aliphatic heterocycles. The van der Waals surface area contributed by atoms with Gasteiger partial charge >= 0.3 is 0 Å². The van der Waals surface area contributed by atoms with Crippen LogP contribution in [0.4, 0.5) is 0 Å². The minimum Gasteiger partial charge on any atom is -0.0842 e. The van der Waals surface area contributed by atoms with Crippen molar-refractivity contribution in [3.8, 4) is 0 Å². The molecule has 1 unspecified atom stereocenters. The number of allylic oxidation sites excluding steroid dienone is 4. The van der Waals surface area contributed by atoms with Gasteiger partial charge in [0.2, 0.25) is 0 Å². The van der Waals surface area contributed by atoms with E-state index < -0.39 is 0 Å². The van der Waals surface area contributed by atoms with E-state index in [9.17, 15) is 0 Å². The van der Waals surface area contributed by atoms with Crippen LogP contribution in [0, 0.1) is 5.92 Å². The van der Waals surface area contributed by atoms with Gasteiger partial charge in [-0.25, -0.2) is 0 Å². The predicted molar refractivity (Wildman–Crippen MR) is 94.0 cm³/mol. The van der Waals surface area contributed by atoms with Gasteiger partial charge in [-0.1, -0.05) is 78.6 Å². The molecule has 0 aliphatic carbocycles. The van der Waals surface area contributed by atoms with E-state index in [1.54, 1.807) is 0 Å². The van der Waals surface area contributed by atoms with Crippen molar-refractivity contribution in [3.05, 3.63) is 58.1 Å². The molecule has 0 spiro atoms. The van der Waals surface area contributed by atoms with Gasteiger partial charge in [-0.2, -0.15) is 0 Å². The molecule has 1 rings (SSSR count). The van der Waals surface area contributed by atoms with Crippen LogP contribution >= 0.6 is 15.9 Å². The Balaban J connectivity index is 2.31. The quantitative estimate of drug-likeness (QED) is 0.463. The maximum Gasteiger partial charge on any atom is 0.0175 e. The molecule has 0 heterocycles. The van der Waals surface area contributed by atoms with Crippen LogP contribution in [0.1, 0.15) is 52.0 Å². The van der Waals surface area contributed by atoms with Crippen molar-refractivity contribution < 1.29 is 0 Å². The van der Waals surface area contributed by atoms with E-state index in [4.69, 9.17) is 0 Å². The Bertz CT molecular complexity index is 426. The third-order valence-electron chi connectivity index (χ3n) is 3.78. The highest BCUT2D eigenvalue weighted by Crippen LogP contribution is 2.17. The zero-order valence-corrected chi connectivity index (χ0v) is 14.6. The van der Waals surface area contributed by atoms with Gasteiger partial charge in [0.1, 0.15) is 0 Å². The molecule has 20 heavy (non-hydrogen) atoms. The molecule has 0 N–H and O–H groups in total. The van der Waals surface area contributed by atoms with Gasteiger partial charge in [-0.3, -0.25) is 0 Å². The maximum atomic E-state index is 3.46. The lowest BCUT2D eigenvalue weighted by molar-refractivity contribution is 0.572. The Labute approximate surface area is 133 Å². The van der Waals surface area contributed by atoms with Crippen LogP contribution in [0.5, 0.6) is 0 Å². The molecule has 0 fully saturated rings. The van der Waals surface area contributed by atoms with E-state index in [1.165, 1.54) is 30.4 Å². The van der Waals surface area contributed by atoms with Gasteiger partial charge in [0.05, 0.1) is 0 Å². The lowest BCUT2D eigenvalue weighted by Gasteiger charge is -2.10. The van der Waals surface area contributed by atoms with Crippen LogP contribution in [0.2, 0.25) is 0 Å². The highest BCUT2D eigenvalue weighted by Gasteiger charge is 2.01. The van der Waals surface area contributed by atoms with Gasteiger partial charge in [0, 0.05) is 4.47 Å². The van der Waals surface area contributed by atoms with Crippen LogP contribution in [0.15, 0.2) is 52.5 Å². The molecule has 0 saturated heterocycles. The summed E-state index contributed by atoms with van der Waals surface area (Å²) in [5.41, 5.74) is 2.90. The summed E-state index contributed by atoms with van der Waals surface area (Å²) in [6.45, 7) is 6.84. The molecule has 0 aromatic heterocycles. The standard InChI is InChI=1S/C19H27Br/c1-4-5-9-16(2)17(3)10-7-6-8-11-18-12-14-19(20)15-13-18/h6-7,10,12-16H,4-5,8-9,11H2,1-3H3/b7-6-,17-10+. The number of rotatable bonds is 8. The van der Waals surface area contributed by atoms with E-state index in [0.29, 0.717) is 5.92 Å². The molecule has 110 valence electrons. The summed E-state index contributed by atoms with van der Waals surface area (Å²) in [4.78, 5) is 0. The first kappa shape index (κ1) is 17.2. The summed E-state index contributed by atoms with van der Waals surface area (Å²) in [7, 11) is 0. The third-order valence-corrected chi connectivity index (χ3v) is 4.30. The topological polar surface area (TPSA) is 0 Å². The second-order valence-corrected chi connectivity index (χ2v) is 6.46. The van der Waals surface area contributed by atoms with E-state index in [0.717, 1.165) is 17.3 Å². The monoisotopic (exact) mass is 334 g/mol. The number of benzene rings is 1. The second kappa shape index (κ2) is 9.99. The molecule has 1 atom stereocenters. The average molecular weight is 335 g/mol. The smallest absolute Gasteiger partial charge is 0.0175 e. The van der Waals surface area contributed by atoms with E-state index in [1.807, 2.05) is 0 Å². The molecule has 1 aromatic carbocycles. The lowest BCUT2D eigenvalue weighted by atomic mass is 9.96. The molecule has 0 radical (unpaired) electrons. The first-order valence-electron chi connectivity index (χ1n) is 7.71. The van der Waals surface area contributed by atoms with Gasteiger partial charge in [0.25, 0.3) is 0 Å². The average Bonchev–Trinajstić information content (AvgIpc) is 2.46. The van der Waals surface area contributed by atoms with Crippen LogP contribution in [-0.2, 0) is 6.42 Å². The molecule has 1 aromatic rings. The van der Waals surface area contributed by atoms with Crippen LogP contribution < -0.4 is 0 Å². The summed E-state index contributed by atoms with van der Waals surface area (Å²) in [6, 6.07) is 8.59. The molecule has 0 aliphatic rings. The number of halogens is 1. The van der Waals surface area contributed by atoms with E-state index in [2.05, 4.69) is 79.2 Å². The molecular formula is C19H27Br. The third kappa shape index (κ3) is 7.09. The Morgan fingerprint density at radius 2 is 1.95 bits per heavy atom.